The summed E-state index contributed by atoms with van der Waals surface area (Å²) < 4.78 is 18.3. The molecule has 0 aromatic rings. The second kappa shape index (κ2) is 9.81. The number of thioether (sulfide) groups is 1. The molecule has 3 heterocycles. The van der Waals surface area contributed by atoms with Gasteiger partial charge in [-0.1, -0.05) is 13.3 Å². The van der Waals surface area contributed by atoms with E-state index in [0.717, 1.165) is 25.8 Å². The number of alkyl halides is 1. The first-order valence-electron chi connectivity index (χ1n) is 10.9. The predicted octanol–water partition coefficient (Wildman–Crippen LogP) is 2.19. The van der Waals surface area contributed by atoms with Crippen LogP contribution in [0.4, 0.5) is 0 Å². The fraction of sp³-hybridized carbons (Fsp3) is 0.952. The molecule has 3 aliphatic rings. The van der Waals surface area contributed by atoms with Crippen LogP contribution in [0.1, 0.15) is 47.0 Å². The summed E-state index contributed by atoms with van der Waals surface area (Å²) in [5.41, 5.74) is -0.480. The third kappa shape index (κ3) is 5.11. The van der Waals surface area contributed by atoms with Gasteiger partial charge in [0.25, 0.3) is 0 Å². The van der Waals surface area contributed by atoms with E-state index < -0.39 is 41.7 Å². The van der Waals surface area contributed by atoms with E-state index in [0.29, 0.717) is 5.92 Å². The first kappa shape index (κ1) is 24.6. The van der Waals surface area contributed by atoms with Crippen molar-refractivity contribution in [3.63, 3.8) is 0 Å². The van der Waals surface area contributed by atoms with Gasteiger partial charge in [-0.25, -0.2) is 0 Å². The number of carbonyl (C=O) groups is 1. The number of fused-ring (bicyclic) bond motifs is 1. The van der Waals surface area contributed by atoms with Crippen LogP contribution >= 0.6 is 23.4 Å². The minimum atomic E-state index is -0.839. The van der Waals surface area contributed by atoms with Gasteiger partial charge in [0, 0.05) is 6.54 Å². The Labute approximate surface area is 189 Å². The molecular formula is C21H37ClN2O5S. The molecule has 174 valence electrons. The molecule has 0 aromatic carbocycles. The summed E-state index contributed by atoms with van der Waals surface area (Å²) in [6.07, 6.45) is 2.60. The van der Waals surface area contributed by atoms with Crippen LogP contribution in [0, 0.1) is 5.92 Å². The highest BCUT2D eigenvalue weighted by atomic mass is 35.5. The van der Waals surface area contributed by atoms with Gasteiger partial charge >= 0.3 is 0 Å². The number of nitrogens with zero attached hydrogens (tertiary/aromatic N) is 1. The first-order chi connectivity index (χ1) is 14.1. The maximum atomic E-state index is 13.2. The molecule has 2 N–H and O–H groups in total. The van der Waals surface area contributed by atoms with Crippen molar-refractivity contribution in [1.29, 1.82) is 0 Å². The average molecular weight is 465 g/mol. The topological polar surface area (TPSA) is 80.3 Å². The third-order valence-corrected chi connectivity index (χ3v) is 7.54. The lowest BCUT2D eigenvalue weighted by atomic mass is 9.92. The van der Waals surface area contributed by atoms with Crippen molar-refractivity contribution in [1.82, 2.24) is 10.2 Å². The molecule has 0 bridgehead atoms. The molecule has 0 radical (unpaired) electrons. The lowest BCUT2D eigenvalue weighted by molar-refractivity contribution is -0.168. The van der Waals surface area contributed by atoms with Crippen LogP contribution in [0.15, 0.2) is 0 Å². The number of likely N-dealkylation sites (tertiary alicyclic amines) is 1. The van der Waals surface area contributed by atoms with Crippen LogP contribution in [0.25, 0.3) is 0 Å². The zero-order valence-electron chi connectivity index (χ0n) is 18.8. The van der Waals surface area contributed by atoms with Crippen LogP contribution in [-0.2, 0) is 19.0 Å². The van der Waals surface area contributed by atoms with Gasteiger partial charge < -0.3 is 24.6 Å². The summed E-state index contributed by atoms with van der Waals surface area (Å²) in [6, 6.07) is -0.636. The summed E-state index contributed by atoms with van der Waals surface area (Å²) >= 11 is 7.97. The number of rotatable bonds is 7. The van der Waals surface area contributed by atoms with E-state index in [9.17, 15) is 9.90 Å². The van der Waals surface area contributed by atoms with Crippen LogP contribution in [0.2, 0.25) is 0 Å². The molecule has 7 nitrogen and oxygen atoms in total. The summed E-state index contributed by atoms with van der Waals surface area (Å²) in [7, 11) is 2.00. The Balaban J connectivity index is 1.77. The molecule has 30 heavy (non-hydrogen) atoms. The minimum absolute atomic E-state index is 0.0289. The van der Waals surface area contributed by atoms with E-state index in [1.807, 2.05) is 34.1 Å². The van der Waals surface area contributed by atoms with E-state index in [-0.39, 0.29) is 17.3 Å². The predicted molar refractivity (Wildman–Crippen MR) is 119 cm³/mol. The Bertz CT molecular complexity index is 610. The van der Waals surface area contributed by atoms with Gasteiger partial charge in [-0.15, -0.1) is 23.4 Å². The first-order valence-corrected chi connectivity index (χ1v) is 12.7. The second-order valence-corrected chi connectivity index (χ2v) is 10.9. The number of hydrogen-bond acceptors (Lipinski definition) is 7. The summed E-state index contributed by atoms with van der Waals surface area (Å²) in [4.78, 5) is 15.3. The average Bonchev–Trinajstić information content (AvgIpc) is 3.19. The second-order valence-electron chi connectivity index (χ2n) is 9.32. The summed E-state index contributed by atoms with van der Waals surface area (Å²) in [6.45, 7) is 8.61. The number of carbonyl (C=O) groups excluding carboxylic acids is 1. The van der Waals surface area contributed by atoms with E-state index in [1.54, 1.807) is 0 Å². The minimum Gasteiger partial charge on any atom is -0.387 e. The number of likely N-dealkylation sites (N-methyl/N-ethyl adjacent to an activating group) is 1. The Morgan fingerprint density at radius 1 is 1.37 bits per heavy atom. The molecule has 6 unspecified atom stereocenters. The van der Waals surface area contributed by atoms with Gasteiger partial charge in [0.2, 0.25) is 5.91 Å². The molecule has 3 aliphatic heterocycles. The zero-order chi connectivity index (χ0) is 22.2. The van der Waals surface area contributed by atoms with E-state index >= 15 is 0 Å². The smallest absolute Gasteiger partial charge is 0.237 e. The standard InChI is InChI=1S/C21H37ClN2O5S/c1-7-8-12-9-13(24(5)10-12)19(26)23-14(11(2)22)16-18-17(28-21(3,4)29-18)15(25)20(27-16)30-6/h11-18,20,25H,7-10H2,1-6H3,(H,23,26)/t11?,12?,13-,14?,15?,16?,17?,18+,20-/m1/s1. The molecule has 3 rings (SSSR count). The van der Waals surface area contributed by atoms with Gasteiger partial charge in [-0.3, -0.25) is 9.69 Å². The van der Waals surface area contributed by atoms with Gasteiger partial charge in [0.1, 0.15) is 29.9 Å². The van der Waals surface area contributed by atoms with Crippen LogP contribution in [0.3, 0.4) is 0 Å². The van der Waals surface area contributed by atoms with Crippen molar-refractivity contribution in [2.75, 3.05) is 19.8 Å². The largest absolute Gasteiger partial charge is 0.387 e. The Morgan fingerprint density at radius 3 is 2.63 bits per heavy atom. The van der Waals surface area contributed by atoms with Gasteiger partial charge in [0.15, 0.2) is 5.79 Å². The lowest BCUT2D eigenvalue weighted by Gasteiger charge is -2.43. The Morgan fingerprint density at radius 2 is 2.03 bits per heavy atom. The number of halogens is 1. The van der Waals surface area contributed by atoms with Gasteiger partial charge in [0.05, 0.1) is 17.5 Å². The van der Waals surface area contributed by atoms with Crippen LogP contribution in [0.5, 0.6) is 0 Å². The molecule has 0 aromatic heterocycles. The van der Waals surface area contributed by atoms with Crippen molar-refractivity contribution in [3.05, 3.63) is 0 Å². The molecule has 3 fully saturated rings. The number of ether oxygens (including phenoxy) is 3. The van der Waals surface area contributed by atoms with Crippen molar-refractivity contribution in [2.24, 2.45) is 5.92 Å². The monoisotopic (exact) mass is 464 g/mol. The SMILES string of the molecule is CCCC1C[C@H](C(=O)NC(C(C)Cl)C2O[C@H](SC)C(O)C3OC(C)(C)O[C@@H]23)N(C)C1. The molecule has 1 amide bonds. The zero-order valence-corrected chi connectivity index (χ0v) is 20.4. The molecule has 0 spiro atoms. The molecule has 9 heteroatoms. The summed E-state index contributed by atoms with van der Waals surface area (Å²) in [5.74, 6) is -0.325. The molecular weight excluding hydrogens is 428 g/mol. The number of aliphatic hydroxyl groups is 1. The van der Waals surface area contributed by atoms with Crippen molar-refractivity contribution in [3.8, 4) is 0 Å². The number of aliphatic hydroxyl groups excluding tert-OH is 1. The quantitative estimate of drug-likeness (QED) is 0.559. The van der Waals surface area contributed by atoms with Crippen LogP contribution in [-0.4, -0.2) is 88.9 Å². The van der Waals surface area contributed by atoms with E-state index in [2.05, 4.69) is 17.1 Å². The van der Waals surface area contributed by atoms with Crippen molar-refractivity contribution in [2.45, 2.75) is 100 Å². The van der Waals surface area contributed by atoms with E-state index in [1.165, 1.54) is 11.8 Å². The third-order valence-electron chi connectivity index (χ3n) is 6.42. The van der Waals surface area contributed by atoms with Crippen molar-refractivity contribution < 1.29 is 24.1 Å². The Kier molecular flexibility index (Phi) is 8.03. The Hall–Kier alpha value is -0.0900. The molecule has 0 saturated carbocycles. The number of nitrogens with one attached hydrogen (secondary N) is 1. The highest BCUT2D eigenvalue weighted by molar-refractivity contribution is 7.99. The number of amides is 1. The fourth-order valence-electron chi connectivity index (χ4n) is 5.04. The molecule has 3 saturated heterocycles. The summed E-state index contributed by atoms with van der Waals surface area (Å²) in [5, 5.41) is 13.5. The highest BCUT2D eigenvalue weighted by Crippen LogP contribution is 2.41. The fourth-order valence-corrected chi connectivity index (χ4v) is 5.91. The lowest BCUT2D eigenvalue weighted by Crippen LogP contribution is -2.64. The van der Waals surface area contributed by atoms with Gasteiger partial charge in [-0.05, 0) is 52.8 Å². The highest BCUT2D eigenvalue weighted by Gasteiger charge is 2.57. The molecule has 0 aliphatic carbocycles. The maximum absolute atomic E-state index is 13.2. The maximum Gasteiger partial charge on any atom is 0.237 e. The van der Waals surface area contributed by atoms with E-state index in [4.69, 9.17) is 25.8 Å². The molecule has 9 atom stereocenters. The van der Waals surface area contributed by atoms with Crippen LogP contribution < -0.4 is 5.32 Å². The van der Waals surface area contributed by atoms with Gasteiger partial charge in [-0.2, -0.15) is 0 Å². The normalized spacial score (nSPS) is 40.7. The van der Waals surface area contributed by atoms with Crippen molar-refractivity contribution >= 4 is 29.3 Å². The number of hydrogen-bond donors (Lipinski definition) is 2.